The van der Waals surface area contributed by atoms with Gasteiger partial charge in [0.25, 0.3) is 0 Å². The van der Waals surface area contributed by atoms with Gasteiger partial charge >= 0.3 is 6.09 Å². The largest absolute Gasteiger partial charge is 0.447 e. The van der Waals surface area contributed by atoms with E-state index in [0.717, 1.165) is 43.6 Å². The molecule has 2 amide bonds. The molecule has 0 spiro atoms. The molecule has 7 nitrogen and oxygen atoms in total. The summed E-state index contributed by atoms with van der Waals surface area (Å²) >= 11 is 0. The van der Waals surface area contributed by atoms with Crippen LogP contribution in [0.5, 0.6) is 0 Å². The molecule has 0 N–H and O–H groups in total. The molecule has 3 heterocycles. The van der Waals surface area contributed by atoms with Crippen LogP contribution in [0.4, 0.5) is 10.6 Å². The van der Waals surface area contributed by atoms with E-state index < -0.39 is 0 Å². The van der Waals surface area contributed by atoms with Gasteiger partial charge in [0.05, 0.1) is 17.9 Å². The molecule has 2 aliphatic heterocycles. The van der Waals surface area contributed by atoms with Crippen LogP contribution in [0.25, 0.3) is 0 Å². The van der Waals surface area contributed by atoms with Gasteiger partial charge in [-0.2, -0.15) is 0 Å². The Morgan fingerprint density at radius 3 is 2.62 bits per heavy atom. The summed E-state index contributed by atoms with van der Waals surface area (Å²) in [6.45, 7) is 3.56. The van der Waals surface area contributed by atoms with Gasteiger partial charge < -0.3 is 9.64 Å². The van der Waals surface area contributed by atoms with Crippen molar-refractivity contribution in [2.24, 2.45) is 5.92 Å². The van der Waals surface area contributed by atoms with Gasteiger partial charge in [-0.1, -0.05) is 30.3 Å². The van der Waals surface area contributed by atoms with E-state index in [-0.39, 0.29) is 18.0 Å². The van der Waals surface area contributed by atoms with Crippen molar-refractivity contribution >= 4 is 17.8 Å². The summed E-state index contributed by atoms with van der Waals surface area (Å²) in [5.41, 5.74) is 2.03. The molecule has 4 rings (SSSR count). The van der Waals surface area contributed by atoms with E-state index in [0.29, 0.717) is 24.8 Å². The molecule has 1 aromatic carbocycles. The number of benzene rings is 1. The number of carbonyl (C=O) groups excluding carboxylic acids is 2. The fourth-order valence-corrected chi connectivity index (χ4v) is 4.13. The van der Waals surface area contributed by atoms with Gasteiger partial charge in [0.15, 0.2) is 5.82 Å². The van der Waals surface area contributed by atoms with Crippen molar-refractivity contribution in [3.8, 4) is 0 Å². The van der Waals surface area contributed by atoms with Crippen LogP contribution in [0.3, 0.4) is 0 Å². The summed E-state index contributed by atoms with van der Waals surface area (Å²) in [4.78, 5) is 36.5. The molecule has 1 aromatic heterocycles. The highest BCUT2D eigenvalue weighted by molar-refractivity contribution is 5.89. The summed E-state index contributed by atoms with van der Waals surface area (Å²) in [5.74, 6) is 1.16. The third kappa shape index (κ3) is 4.55. The van der Waals surface area contributed by atoms with Crippen LogP contribution in [-0.2, 0) is 22.4 Å². The SMILES string of the molecule is CC(=O)N1CCC(Cc2cncc(N3C(=O)OC[C@@H]3Cc3ccccc3)n2)CC1. The van der Waals surface area contributed by atoms with Crippen LogP contribution < -0.4 is 4.90 Å². The van der Waals surface area contributed by atoms with Gasteiger partial charge in [-0.15, -0.1) is 0 Å². The normalized spacial score (nSPS) is 20.0. The van der Waals surface area contributed by atoms with Crippen molar-refractivity contribution in [3.63, 3.8) is 0 Å². The fourth-order valence-electron chi connectivity index (χ4n) is 4.13. The Morgan fingerprint density at radius 1 is 1.14 bits per heavy atom. The molecule has 0 saturated carbocycles. The molecular formula is C22H26N4O3. The van der Waals surface area contributed by atoms with Crippen molar-refractivity contribution in [2.75, 3.05) is 24.6 Å². The van der Waals surface area contributed by atoms with Gasteiger partial charge in [0.1, 0.15) is 6.61 Å². The van der Waals surface area contributed by atoms with E-state index in [1.807, 2.05) is 23.1 Å². The minimum Gasteiger partial charge on any atom is -0.447 e. The number of cyclic esters (lactones) is 1. The lowest BCUT2D eigenvalue weighted by Gasteiger charge is -2.31. The summed E-state index contributed by atoms with van der Waals surface area (Å²) in [6.07, 6.45) is 6.48. The number of carbonyl (C=O) groups is 2. The van der Waals surface area contributed by atoms with Gasteiger partial charge in [-0.05, 0) is 37.2 Å². The molecule has 7 heteroatoms. The fraction of sp³-hybridized carbons (Fsp3) is 0.455. The molecule has 0 unspecified atom stereocenters. The zero-order valence-electron chi connectivity index (χ0n) is 16.7. The lowest BCUT2D eigenvalue weighted by molar-refractivity contribution is -0.130. The number of aromatic nitrogens is 2. The van der Waals surface area contributed by atoms with Crippen LogP contribution in [0.1, 0.15) is 31.0 Å². The first-order valence-electron chi connectivity index (χ1n) is 10.2. The minimum absolute atomic E-state index is 0.0896. The van der Waals surface area contributed by atoms with Crippen LogP contribution in [0.2, 0.25) is 0 Å². The Labute approximate surface area is 170 Å². The Balaban J connectivity index is 1.44. The van der Waals surface area contributed by atoms with Crippen molar-refractivity contribution in [1.82, 2.24) is 14.9 Å². The number of likely N-dealkylation sites (tertiary alicyclic amines) is 1. The highest BCUT2D eigenvalue weighted by Gasteiger charge is 2.35. The quantitative estimate of drug-likeness (QED) is 0.779. The Kier molecular flexibility index (Phi) is 5.74. The molecule has 0 bridgehead atoms. The standard InChI is InChI=1S/C22H26N4O3/c1-16(27)25-9-7-18(8-10-25)11-19-13-23-14-21(24-19)26-20(15-29-22(26)28)12-17-5-3-2-4-6-17/h2-6,13-14,18,20H,7-12,15H2,1H3/t20-/m0/s1. The van der Waals surface area contributed by atoms with Crippen molar-refractivity contribution < 1.29 is 14.3 Å². The molecule has 2 aromatic rings. The van der Waals surface area contributed by atoms with E-state index >= 15 is 0 Å². The van der Waals surface area contributed by atoms with E-state index in [4.69, 9.17) is 9.72 Å². The molecule has 152 valence electrons. The molecule has 2 saturated heterocycles. The Bertz CT molecular complexity index is 865. The number of amides is 2. The highest BCUT2D eigenvalue weighted by Crippen LogP contribution is 2.25. The number of hydrogen-bond donors (Lipinski definition) is 0. The summed E-state index contributed by atoms with van der Waals surface area (Å²) in [6, 6.07) is 9.98. The lowest BCUT2D eigenvalue weighted by atomic mass is 9.92. The van der Waals surface area contributed by atoms with Gasteiger partial charge in [-0.25, -0.2) is 9.78 Å². The van der Waals surface area contributed by atoms with E-state index in [1.165, 1.54) is 0 Å². The van der Waals surface area contributed by atoms with Crippen molar-refractivity contribution in [1.29, 1.82) is 0 Å². The first-order valence-corrected chi connectivity index (χ1v) is 10.2. The predicted octanol–water partition coefficient (Wildman–Crippen LogP) is 2.85. The zero-order valence-corrected chi connectivity index (χ0v) is 16.7. The summed E-state index contributed by atoms with van der Waals surface area (Å²) in [5, 5.41) is 0. The maximum absolute atomic E-state index is 12.4. The zero-order chi connectivity index (χ0) is 20.2. The second kappa shape index (κ2) is 8.59. The molecule has 29 heavy (non-hydrogen) atoms. The van der Waals surface area contributed by atoms with Crippen molar-refractivity contribution in [2.45, 2.75) is 38.6 Å². The summed E-state index contributed by atoms with van der Waals surface area (Å²) < 4.78 is 5.31. The molecule has 1 atom stereocenters. The third-order valence-corrected chi connectivity index (χ3v) is 5.75. The van der Waals surface area contributed by atoms with Crippen LogP contribution in [0, 0.1) is 5.92 Å². The smallest absolute Gasteiger partial charge is 0.415 e. The number of piperidine rings is 1. The van der Waals surface area contributed by atoms with Crippen LogP contribution >= 0.6 is 0 Å². The number of rotatable bonds is 5. The Morgan fingerprint density at radius 2 is 1.90 bits per heavy atom. The topological polar surface area (TPSA) is 75.6 Å². The third-order valence-electron chi connectivity index (χ3n) is 5.75. The average Bonchev–Trinajstić information content (AvgIpc) is 3.09. The number of anilines is 1. The maximum atomic E-state index is 12.4. The highest BCUT2D eigenvalue weighted by atomic mass is 16.6. The molecule has 0 aliphatic carbocycles. The lowest BCUT2D eigenvalue weighted by Crippen LogP contribution is -2.37. The number of hydrogen-bond acceptors (Lipinski definition) is 5. The number of ether oxygens (including phenoxy) is 1. The molecule has 2 fully saturated rings. The van der Waals surface area contributed by atoms with Gasteiger partial charge in [0.2, 0.25) is 5.91 Å². The molecule has 0 radical (unpaired) electrons. The Hall–Kier alpha value is -2.96. The van der Waals surface area contributed by atoms with Crippen LogP contribution in [-0.4, -0.2) is 52.6 Å². The number of nitrogens with zero attached hydrogens (tertiary/aromatic N) is 4. The predicted molar refractivity (Wildman–Crippen MR) is 108 cm³/mol. The van der Waals surface area contributed by atoms with Gasteiger partial charge in [-0.3, -0.25) is 14.7 Å². The van der Waals surface area contributed by atoms with E-state index in [1.54, 1.807) is 24.2 Å². The average molecular weight is 394 g/mol. The first-order chi connectivity index (χ1) is 14.1. The van der Waals surface area contributed by atoms with Gasteiger partial charge in [0, 0.05) is 26.2 Å². The minimum atomic E-state index is -0.368. The van der Waals surface area contributed by atoms with Crippen LogP contribution in [0.15, 0.2) is 42.7 Å². The van der Waals surface area contributed by atoms with E-state index in [2.05, 4.69) is 17.1 Å². The summed E-state index contributed by atoms with van der Waals surface area (Å²) in [7, 11) is 0. The monoisotopic (exact) mass is 394 g/mol. The molecule has 2 aliphatic rings. The second-order valence-electron chi connectivity index (χ2n) is 7.81. The first kappa shape index (κ1) is 19.4. The maximum Gasteiger partial charge on any atom is 0.415 e. The second-order valence-corrected chi connectivity index (χ2v) is 7.81. The van der Waals surface area contributed by atoms with Crippen molar-refractivity contribution in [3.05, 3.63) is 54.0 Å². The van der Waals surface area contributed by atoms with E-state index in [9.17, 15) is 9.59 Å². The molecular weight excluding hydrogens is 368 g/mol.